The van der Waals surface area contributed by atoms with Crippen LogP contribution in [0.1, 0.15) is 0 Å². The Hall–Kier alpha value is -3.22. The number of nitrogens with zero attached hydrogens (tertiary/aromatic N) is 2. The van der Waals surface area contributed by atoms with Crippen molar-refractivity contribution in [3.05, 3.63) is 92.5 Å². The van der Waals surface area contributed by atoms with Gasteiger partial charge < -0.3 is 4.42 Å². The van der Waals surface area contributed by atoms with Crippen LogP contribution < -0.4 is 11.0 Å². The molecule has 3 aromatic heterocycles. The molecule has 0 saturated carbocycles. The molecule has 0 radical (unpaired) electrons. The summed E-state index contributed by atoms with van der Waals surface area (Å²) < 4.78 is 7.65. The van der Waals surface area contributed by atoms with Gasteiger partial charge in [0.05, 0.1) is 12.0 Å². The number of rotatable bonds is 2. The highest BCUT2D eigenvalue weighted by Crippen LogP contribution is 2.27. The van der Waals surface area contributed by atoms with E-state index in [1.807, 2.05) is 12.1 Å². The summed E-state index contributed by atoms with van der Waals surface area (Å²) in [5.41, 5.74) is -0.273. The number of hydrogen-bond acceptors (Lipinski definition) is 5. The molecule has 5 rings (SSSR count). The van der Waals surface area contributed by atoms with E-state index in [1.165, 1.54) is 22.2 Å². The van der Waals surface area contributed by atoms with Crippen molar-refractivity contribution in [2.45, 2.75) is 0 Å². The summed E-state index contributed by atoms with van der Waals surface area (Å²) in [6.07, 6.45) is 1.51. The molecule has 0 fully saturated rings. The van der Waals surface area contributed by atoms with Crippen LogP contribution in [-0.2, 0) is 0 Å². The minimum Gasteiger partial charge on any atom is -0.461 e. The molecule has 7 heteroatoms. The van der Waals surface area contributed by atoms with Crippen molar-refractivity contribution in [3.8, 4) is 17.3 Å². The Labute approximate surface area is 167 Å². The van der Waals surface area contributed by atoms with Crippen molar-refractivity contribution in [1.82, 2.24) is 9.55 Å². The van der Waals surface area contributed by atoms with Crippen LogP contribution in [0, 0.1) is 0 Å². The lowest BCUT2D eigenvalue weighted by molar-refractivity contribution is 0.574. The molecule has 28 heavy (non-hydrogen) atoms. The third-order valence-corrected chi connectivity index (χ3v) is 5.72. The zero-order chi connectivity index (χ0) is 19.3. The lowest BCUT2D eigenvalue weighted by Crippen LogP contribution is -2.26. The van der Waals surface area contributed by atoms with E-state index in [4.69, 9.17) is 16.0 Å². The third kappa shape index (κ3) is 2.58. The SMILES string of the molecule is O=c1c2ccccc2sc2nc(-c3ccco3)n(-c3cccc(Cl)c3)c(=O)c12. The average Bonchev–Trinajstić information content (AvgIpc) is 3.22. The molecule has 2 aromatic carbocycles. The number of benzene rings is 2. The van der Waals surface area contributed by atoms with E-state index in [1.54, 1.807) is 48.5 Å². The predicted molar refractivity (Wildman–Crippen MR) is 112 cm³/mol. The van der Waals surface area contributed by atoms with E-state index >= 15 is 0 Å². The standard InChI is InChI=1S/C21H11ClN2O3S/c22-12-5-3-6-13(11-12)24-19(15-8-4-10-27-15)23-20-17(21(24)26)18(25)14-7-1-2-9-16(14)28-20/h1-11H. The summed E-state index contributed by atoms with van der Waals surface area (Å²) in [6.45, 7) is 0. The van der Waals surface area contributed by atoms with Gasteiger partial charge in [0, 0.05) is 15.1 Å². The number of halogens is 1. The van der Waals surface area contributed by atoms with Crippen LogP contribution in [-0.4, -0.2) is 9.55 Å². The molecule has 136 valence electrons. The quantitative estimate of drug-likeness (QED) is 0.392. The Morgan fingerprint density at radius 1 is 1.00 bits per heavy atom. The zero-order valence-electron chi connectivity index (χ0n) is 14.3. The highest BCUT2D eigenvalue weighted by molar-refractivity contribution is 7.24. The summed E-state index contributed by atoms with van der Waals surface area (Å²) in [5.74, 6) is 0.738. The lowest BCUT2D eigenvalue weighted by atomic mass is 10.2. The lowest BCUT2D eigenvalue weighted by Gasteiger charge is -2.12. The van der Waals surface area contributed by atoms with Gasteiger partial charge in [0.25, 0.3) is 5.56 Å². The fourth-order valence-corrected chi connectivity index (χ4v) is 4.40. The largest absolute Gasteiger partial charge is 0.461 e. The second-order valence-corrected chi connectivity index (χ2v) is 7.61. The molecule has 0 spiro atoms. The number of furan rings is 1. The maximum Gasteiger partial charge on any atom is 0.271 e. The number of hydrogen-bond donors (Lipinski definition) is 0. The molecule has 0 aliphatic carbocycles. The second-order valence-electron chi connectivity index (χ2n) is 6.14. The predicted octanol–water partition coefficient (Wildman–Crippen LogP) is 4.87. The van der Waals surface area contributed by atoms with Crippen LogP contribution >= 0.6 is 22.9 Å². The first-order valence-corrected chi connectivity index (χ1v) is 9.61. The van der Waals surface area contributed by atoms with Gasteiger partial charge >= 0.3 is 0 Å². The van der Waals surface area contributed by atoms with Gasteiger partial charge in [-0.15, -0.1) is 11.3 Å². The minimum atomic E-state index is -0.453. The molecule has 5 nitrogen and oxygen atoms in total. The maximum absolute atomic E-state index is 13.5. The van der Waals surface area contributed by atoms with E-state index in [-0.39, 0.29) is 10.8 Å². The van der Waals surface area contributed by atoms with E-state index in [0.29, 0.717) is 32.5 Å². The van der Waals surface area contributed by atoms with Gasteiger partial charge in [-0.2, -0.15) is 0 Å². The van der Waals surface area contributed by atoms with Gasteiger partial charge in [0.15, 0.2) is 11.6 Å². The highest BCUT2D eigenvalue weighted by Gasteiger charge is 2.20. The summed E-state index contributed by atoms with van der Waals surface area (Å²) >= 11 is 7.44. The van der Waals surface area contributed by atoms with Crippen molar-refractivity contribution in [2.75, 3.05) is 0 Å². The van der Waals surface area contributed by atoms with E-state index in [2.05, 4.69) is 4.98 Å². The zero-order valence-corrected chi connectivity index (χ0v) is 15.8. The van der Waals surface area contributed by atoms with Gasteiger partial charge in [0.2, 0.25) is 5.43 Å². The van der Waals surface area contributed by atoms with Crippen LogP contribution in [0.5, 0.6) is 0 Å². The van der Waals surface area contributed by atoms with E-state index in [0.717, 1.165) is 4.70 Å². The Balaban J connectivity index is 1.99. The van der Waals surface area contributed by atoms with Crippen LogP contribution in [0.2, 0.25) is 5.02 Å². The first-order chi connectivity index (χ1) is 13.6. The Kier molecular flexibility index (Phi) is 3.89. The van der Waals surface area contributed by atoms with Gasteiger partial charge in [-0.05, 0) is 42.5 Å². The molecule has 0 bridgehead atoms. The van der Waals surface area contributed by atoms with Crippen molar-refractivity contribution >= 4 is 43.2 Å². The van der Waals surface area contributed by atoms with E-state index < -0.39 is 5.56 Å². The van der Waals surface area contributed by atoms with Crippen molar-refractivity contribution in [2.24, 2.45) is 0 Å². The Morgan fingerprint density at radius 3 is 2.64 bits per heavy atom. The average molecular weight is 407 g/mol. The van der Waals surface area contributed by atoms with Crippen LogP contribution in [0.25, 0.3) is 37.6 Å². The molecular weight excluding hydrogens is 396 g/mol. The van der Waals surface area contributed by atoms with Crippen LogP contribution in [0.3, 0.4) is 0 Å². The van der Waals surface area contributed by atoms with Crippen molar-refractivity contribution in [3.63, 3.8) is 0 Å². The highest BCUT2D eigenvalue weighted by atomic mass is 35.5. The summed E-state index contributed by atoms with van der Waals surface area (Å²) in [7, 11) is 0. The van der Waals surface area contributed by atoms with Gasteiger partial charge in [-0.3, -0.25) is 14.2 Å². The fraction of sp³-hybridized carbons (Fsp3) is 0. The molecule has 5 aromatic rings. The molecule has 0 N–H and O–H groups in total. The molecule has 0 amide bonds. The van der Waals surface area contributed by atoms with Gasteiger partial charge in [0.1, 0.15) is 10.2 Å². The normalized spacial score (nSPS) is 11.3. The van der Waals surface area contributed by atoms with Crippen molar-refractivity contribution < 1.29 is 4.42 Å². The maximum atomic E-state index is 13.5. The summed E-state index contributed by atoms with van der Waals surface area (Å²) in [4.78, 5) is 31.5. The minimum absolute atomic E-state index is 0.0546. The topological polar surface area (TPSA) is 65.1 Å². The second kappa shape index (κ2) is 6.44. The Bertz CT molecular complexity index is 1470. The van der Waals surface area contributed by atoms with Gasteiger partial charge in [-0.25, -0.2) is 4.98 Å². The first kappa shape index (κ1) is 16.9. The molecule has 0 atom stereocenters. The number of fused-ring (bicyclic) bond motifs is 2. The van der Waals surface area contributed by atoms with Crippen molar-refractivity contribution in [1.29, 1.82) is 0 Å². The third-order valence-electron chi connectivity index (χ3n) is 4.42. The van der Waals surface area contributed by atoms with Gasteiger partial charge in [-0.1, -0.05) is 29.8 Å². The van der Waals surface area contributed by atoms with Crippen LogP contribution in [0.4, 0.5) is 0 Å². The van der Waals surface area contributed by atoms with Crippen LogP contribution in [0.15, 0.2) is 80.9 Å². The molecule has 3 heterocycles. The monoisotopic (exact) mass is 406 g/mol. The summed E-state index contributed by atoms with van der Waals surface area (Å²) in [5, 5.41) is 1.03. The molecule has 0 saturated heterocycles. The Morgan fingerprint density at radius 2 is 1.86 bits per heavy atom. The molecule has 0 aliphatic heterocycles. The first-order valence-electron chi connectivity index (χ1n) is 8.42. The molecule has 0 unspecified atom stereocenters. The molecule has 0 aliphatic rings. The molecular formula is C21H11ClN2O3S. The number of aromatic nitrogens is 2. The van der Waals surface area contributed by atoms with E-state index in [9.17, 15) is 9.59 Å². The smallest absolute Gasteiger partial charge is 0.271 e. The summed E-state index contributed by atoms with van der Waals surface area (Å²) in [6, 6.07) is 17.5. The fourth-order valence-electron chi connectivity index (χ4n) is 3.18.